The minimum Gasteiger partial charge on any atom is -0.346 e. The van der Waals surface area contributed by atoms with Crippen LogP contribution in [0.25, 0.3) is 0 Å². The van der Waals surface area contributed by atoms with Crippen molar-refractivity contribution in [2.45, 2.75) is 13.5 Å². The van der Waals surface area contributed by atoms with E-state index in [2.05, 4.69) is 10.3 Å². The summed E-state index contributed by atoms with van der Waals surface area (Å²) in [7, 11) is -3.64. The van der Waals surface area contributed by atoms with Crippen LogP contribution in [0.2, 0.25) is 0 Å². The highest BCUT2D eigenvalue weighted by atomic mass is 32.2. The molecule has 2 heterocycles. The van der Waals surface area contributed by atoms with E-state index in [1.165, 1.54) is 24.3 Å². The topological polar surface area (TPSA) is 96.4 Å². The fraction of sp³-hybridized carbons (Fsp3) is 0.235. The van der Waals surface area contributed by atoms with E-state index in [1.807, 2.05) is 6.07 Å². The van der Waals surface area contributed by atoms with Crippen molar-refractivity contribution in [1.82, 2.24) is 10.3 Å². The second-order valence-electron chi connectivity index (χ2n) is 5.83. The summed E-state index contributed by atoms with van der Waals surface area (Å²) in [5, 5.41) is 2.74. The van der Waals surface area contributed by atoms with E-state index in [4.69, 9.17) is 0 Å². The Morgan fingerprint density at radius 2 is 1.96 bits per heavy atom. The lowest BCUT2D eigenvalue weighted by molar-refractivity contribution is -0.119. The molecule has 7 nitrogen and oxygen atoms in total. The number of hydrogen-bond donors (Lipinski definition) is 1. The molecule has 1 aromatic carbocycles. The predicted molar refractivity (Wildman–Crippen MR) is 92.3 cm³/mol. The maximum absolute atomic E-state index is 12.2. The van der Waals surface area contributed by atoms with Crippen LogP contribution in [0.5, 0.6) is 0 Å². The van der Waals surface area contributed by atoms with Crippen LogP contribution < -0.4 is 9.62 Å². The van der Waals surface area contributed by atoms with E-state index in [9.17, 15) is 18.0 Å². The van der Waals surface area contributed by atoms with Gasteiger partial charge in [-0.2, -0.15) is 0 Å². The molecule has 1 fully saturated rings. The number of hydrogen-bond acceptors (Lipinski definition) is 5. The highest BCUT2D eigenvalue weighted by molar-refractivity contribution is 7.94. The SMILES string of the molecule is C[C@@H]1CS(=O)(=O)N(c2ccc(C(=O)NCc3ccccn3)cc2)C1=O. The van der Waals surface area contributed by atoms with Crippen molar-refractivity contribution < 1.29 is 18.0 Å². The fourth-order valence-corrected chi connectivity index (χ4v) is 4.43. The zero-order valence-electron chi connectivity index (χ0n) is 13.5. The molecule has 1 atom stereocenters. The molecular formula is C17H17N3O4S. The molecule has 130 valence electrons. The average molecular weight is 359 g/mol. The molecule has 0 saturated carbocycles. The van der Waals surface area contributed by atoms with Gasteiger partial charge in [-0.15, -0.1) is 0 Å². The van der Waals surface area contributed by atoms with E-state index < -0.39 is 21.8 Å². The highest BCUT2D eigenvalue weighted by Gasteiger charge is 2.41. The molecule has 1 aliphatic heterocycles. The van der Waals surface area contributed by atoms with E-state index in [-0.39, 0.29) is 23.9 Å². The largest absolute Gasteiger partial charge is 0.346 e. The number of pyridine rings is 1. The molecular weight excluding hydrogens is 342 g/mol. The molecule has 1 aromatic heterocycles. The van der Waals surface area contributed by atoms with Crippen LogP contribution in [-0.2, 0) is 21.4 Å². The Kier molecular flexibility index (Phi) is 4.54. The van der Waals surface area contributed by atoms with Crippen LogP contribution in [0.15, 0.2) is 48.7 Å². The Morgan fingerprint density at radius 1 is 1.24 bits per heavy atom. The number of benzene rings is 1. The van der Waals surface area contributed by atoms with Crippen LogP contribution >= 0.6 is 0 Å². The Hall–Kier alpha value is -2.74. The third kappa shape index (κ3) is 3.53. The number of aromatic nitrogens is 1. The van der Waals surface area contributed by atoms with Crippen LogP contribution in [-0.4, -0.2) is 31.0 Å². The summed E-state index contributed by atoms with van der Waals surface area (Å²) < 4.78 is 25.0. The van der Waals surface area contributed by atoms with E-state index in [1.54, 1.807) is 25.3 Å². The first-order valence-electron chi connectivity index (χ1n) is 7.73. The Morgan fingerprint density at radius 3 is 2.52 bits per heavy atom. The Bertz CT molecular complexity index is 895. The molecule has 1 saturated heterocycles. The lowest BCUT2D eigenvalue weighted by Crippen LogP contribution is -2.30. The number of carbonyl (C=O) groups excluding carboxylic acids is 2. The van der Waals surface area contributed by atoms with Gasteiger partial charge in [0.1, 0.15) is 0 Å². The van der Waals surface area contributed by atoms with Gasteiger partial charge in [-0.05, 0) is 36.4 Å². The monoisotopic (exact) mass is 359 g/mol. The molecule has 1 aliphatic rings. The van der Waals surface area contributed by atoms with Gasteiger partial charge in [-0.3, -0.25) is 14.6 Å². The summed E-state index contributed by atoms with van der Waals surface area (Å²) in [6.07, 6.45) is 1.64. The van der Waals surface area contributed by atoms with E-state index >= 15 is 0 Å². The first-order chi connectivity index (χ1) is 11.9. The third-order valence-corrected chi connectivity index (χ3v) is 5.75. The minimum atomic E-state index is -3.64. The second kappa shape index (κ2) is 6.64. The number of carbonyl (C=O) groups is 2. The lowest BCUT2D eigenvalue weighted by Gasteiger charge is -2.15. The smallest absolute Gasteiger partial charge is 0.251 e. The zero-order valence-corrected chi connectivity index (χ0v) is 14.4. The van der Waals surface area contributed by atoms with Crippen molar-refractivity contribution in [1.29, 1.82) is 0 Å². The normalized spacial score (nSPS) is 19.0. The fourth-order valence-electron chi connectivity index (χ4n) is 2.61. The van der Waals surface area contributed by atoms with Gasteiger partial charge in [0.2, 0.25) is 15.9 Å². The summed E-state index contributed by atoms with van der Waals surface area (Å²) in [6, 6.07) is 11.3. The van der Waals surface area contributed by atoms with Gasteiger partial charge >= 0.3 is 0 Å². The van der Waals surface area contributed by atoms with Crippen LogP contribution in [0.4, 0.5) is 5.69 Å². The van der Waals surface area contributed by atoms with Gasteiger partial charge in [0.05, 0.1) is 29.6 Å². The van der Waals surface area contributed by atoms with Crippen molar-refractivity contribution in [3.05, 3.63) is 59.9 Å². The summed E-state index contributed by atoms with van der Waals surface area (Å²) in [5.74, 6) is -1.52. The maximum atomic E-state index is 12.2. The minimum absolute atomic E-state index is 0.196. The van der Waals surface area contributed by atoms with Crippen molar-refractivity contribution in [2.24, 2.45) is 5.92 Å². The molecule has 8 heteroatoms. The maximum Gasteiger partial charge on any atom is 0.251 e. The van der Waals surface area contributed by atoms with E-state index in [0.717, 1.165) is 10.00 Å². The molecule has 25 heavy (non-hydrogen) atoms. The lowest BCUT2D eigenvalue weighted by atomic mass is 10.1. The number of rotatable bonds is 4. The molecule has 0 unspecified atom stereocenters. The summed E-state index contributed by atoms with van der Waals surface area (Å²) in [6.45, 7) is 1.87. The van der Waals surface area contributed by atoms with Crippen molar-refractivity contribution in [3.8, 4) is 0 Å². The second-order valence-corrected chi connectivity index (χ2v) is 7.70. The molecule has 2 amide bonds. The molecule has 0 aliphatic carbocycles. The number of sulfonamides is 1. The van der Waals surface area contributed by atoms with Gasteiger partial charge in [-0.1, -0.05) is 13.0 Å². The summed E-state index contributed by atoms with van der Waals surface area (Å²) in [5.41, 5.74) is 1.35. The Labute approximate surface area is 145 Å². The quantitative estimate of drug-likeness (QED) is 0.888. The third-order valence-electron chi connectivity index (χ3n) is 3.88. The van der Waals surface area contributed by atoms with Crippen molar-refractivity contribution in [2.75, 3.05) is 10.1 Å². The van der Waals surface area contributed by atoms with Gasteiger partial charge < -0.3 is 5.32 Å². The number of amides is 2. The number of nitrogens with zero attached hydrogens (tertiary/aromatic N) is 2. The van der Waals surface area contributed by atoms with Crippen molar-refractivity contribution in [3.63, 3.8) is 0 Å². The number of anilines is 1. The van der Waals surface area contributed by atoms with Crippen LogP contribution in [0.3, 0.4) is 0 Å². The van der Waals surface area contributed by atoms with Crippen molar-refractivity contribution >= 4 is 27.5 Å². The number of nitrogens with one attached hydrogen (secondary N) is 1. The average Bonchev–Trinajstić information content (AvgIpc) is 2.81. The van der Waals surface area contributed by atoms with Gasteiger partial charge in [0, 0.05) is 11.8 Å². The molecule has 0 spiro atoms. The van der Waals surface area contributed by atoms with Crippen LogP contribution in [0.1, 0.15) is 23.0 Å². The summed E-state index contributed by atoms with van der Waals surface area (Å²) >= 11 is 0. The molecule has 0 radical (unpaired) electrons. The van der Waals surface area contributed by atoms with Gasteiger partial charge in [0.25, 0.3) is 5.91 Å². The van der Waals surface area contributed by atoms with Gasteiger partial charge in [0.15, 0.2) is 0 Å². The zero-order chi connectivity index (χ0) is 18.0. The predicted octanol–water partition coefficient (Wildman–Crippen LogP) is 1.32. The van der Waals surface area contributed by atoms with E-state index in [0.29, 0.717) is 5.56 Å². The Balaban J connectivity index is 1.72. The molecule has 3 rings (SSSR count). The van der Waals surface area contributed by atoms with Crippen LogP contribution in [0, 0.1) is 5.92 Å². The molecule has 2 aromatic rings. The standard InChI is InChI=1S/C17H17N3O4S/c1-12-11-25(23,24)20(17(12)22)15-7-5-13(6-8-15)16(21)19-10-14-4-2-3-9-18-14/h2-9,12H,10-11H2,1H3,(H,19,21)/t12-/m1/s1. The molecule has 1 N–H and O–H groups in total. The van der Waals surface area contributed by atoms with Gasteiger partial charge in [-0.25, -0.2) is 12.7 Å². The summed E-state index contributed by atoms with van der Waals surface area (Å²) in [4.78, 5) is 28.3. The molecule has 0 bridgehead atoms. The first-order valence-corrected chi connectivity index (χ1v) is 9.34. The first kappa shape index (κ1) is 17.1. The highest BCUT2D eigenvalue weighted by Crippen LogP contribution is 2.28.